The van der Waals surface area contributed by atoms with Gasteiger partial charge in [-0.25, -0.2) is 9.59 Å². The summed E-state index contributed by atoms with van der Waals surface area (Å²) in [6, 6.07) is 5.73. The van der Waals surface area contributed by atoms with E-state index in [0.29, 0.717) is 17.7 Å². The Kier molecular flexibility index (Phi) is 5.43. The van der Waals surface area contributed by atoms with Crippen LogP contribution in [0.2, 0.25) is 0 Å². The quantitative estimate of drug-likeness (QED) is 0.589. The number of carboxylic acid groups (broad SMARTS) is 1. The van der Waals surface area contributed by atoms with Crippen molar-refractivity contribution in [2.75, 3.05) is 11.9 Å². The molecule has 1 aromatic carbocycles. The highest BCUT2D eigenvalue weighted by molar-refractivity contribution is 5.98. The lowest BCUT2D eigenvalue weighted by Gasteiger charge is -2.18. The molecule has 0 aromatic heterocycles. The van der Waals surface area contributed by atoms with E-state index >= 15 is 0 Å². The first kappa shape index (κ1) is 16.6. The number of benzene rings is 1. The average Bonchev–Trinajstić information content (AvgIpc) is 2.44. The number of ketones is 1. The van der Waals surface area contributed by atoms with Crippen molar-refractivity contribution in [2.24, 2.45) is 0 Å². The van der Waals surface area contributed by atoms with E-state index in [4.69, 9.17) is 5.11 Å². The number of hydrogen-bond donors (Lipinski definition) is 4. The number of carbonyl (C=O) groups excluding carboxylic acids is 2. The zero-order chi connectivity index (χ0) is 16.0. The topological polar surface area (TPSA) is 116 Å². The lowest BCUT2D eigenvalue weighted by molar-refractivity contribution is -0.155. The second-order valence-corrected chi connectivity index (χ2v) is 4.74. The van der Waals surface area contributed by atoms with Gasteiger partial charge in [0.15, 0.2) is 11.4 Å². The summed E-state index contributed by atoms with van der Waals surface area (Å²) in [4.78, 5) is 33.9. The van der Waals surface area contributed by atoms with Crippen LogP contribution < -0.4 is 10.6 Å². The number of carbonyl (C=O) groups is 3. The molecule has 0 saturated heterocycles. The number of aliphatic carboxylic acids is 1. The van der Waals surface area contributed by atoms with Gasteiger partial charge in [0.25, 0.3) is 0 Å². The summed E-state index contributed by atoms with van der Waals surface area (Å²) >= 11 is 0. The van der Waals surface area contributed by atoms with Gasteiger partial charge in [0.05, 0.1) is 6.54 Å². The van der Waals surface area contributed by atoms with Gasteiger partial charge < -0.3 is 20.8 Å². The van der Waals surface area contributed by atoms with Gasteiger partial charge in [-0.3, -0.25) is 4.79 Å². The lowest BCUT2D eigenvalue weighted by Crippen LogP contribution is -2.47. The maximum Gasteiger partial charge on any atom is 0.337 e. The van der Waals surface area contributed by atoms with Gasteiger partial charge in [0.1, 0.15) is 0 Å². The Balaban J connectivity index is 2.63. The SMILES string of the molecule is CCC(=O)c1cccc(NC(=O)NCC(C)(O)C(=O)O)c1. The van der Waals surface area contributed by atoms with E-state index < -0.39 is 24.1 Å². The van der Waals surface area contributed by atoms with Gasteiger partial charge in [-0.15, -0.1) is 0 Å². The highest BCUT2D eigenvalue weighted by atomic mass is 16.4. The maximum absolute atomic E-state index is 11.6. The van der Waals surface area contributed by atoms with E-state index in [0.717, 1.165) is 6.92 Å². The summed E-state index contributed by atoms with van der Waals surface area (Å²) < 4.78 is 0. The van der Waals surface area contributed by atoms with Crippen LogP contribution in [0.25, 0.3) is 0 Å². The van der Waals surface area contributed by atoms with Crippen molar-refractivity contribution >= 4 is 23.5 Å². The van der Waals surface area contributed by atoms with Crippen molar-refractivity contribution < 1.29 is 24.6 Å². The molecule has 21 heavy (non-hydrogen) atoms. The third-order valence-electron chi connectivity index (χ3n) is 2.82. The van der Waals surface area contributed by atoms with Gasteiger partial charge in [0.2, 0.25) is 0 Å². The standard InChI is InChI=1S/C14H18N2O5/c1-3-11(17)9-5-4-6-10(7-9)16-13(20)15-8-14(2,21)12(18)19/h4-7,21H,3,8H2,1-2H3,(H,18,19)(H2,15,16,20). The van der Waals surface area contributed by atoms with Crippen LogP contribution in [0.4, 0.5) is 10.5 Å². The van der Waals surface area contributed by atoms with E-state index in [1.165, 1.54) is 6.07 Å². The Morgan fingerprint density at radius 3 is 2.52 bits per heavy atom. The molecule has 1 atom stereocenters. The van der Waals surface area contributed by atoms with Crippen LogP contribution in [0, 0.1) is 0 Å². The Hall–Kier alpha value is -2.41. The van der Waals surface area contributed by atoms with Crippen molar-refractivity contribution in [3.05, 3.63) is 29.8 Å². The zero-order valence-electron chi connectivity index (χ0n) is 11.8. The Morgan fingerprint density at radius 1 is 1.29 bits per heavy atom. The molecule has 0 aliphatic heterocycles. The van der Waals surface area contributed by atoms with Crippen LogP contribution in [0.1, 0.15) is 30.6 Å². The van der Waals surface area contributed by atoms with Crippen LogP contribution in [-0.2, 0) is 4.79 Å². The summed E-state index contributed by atoms with van der Waals surface area (Å²) in [6.45, 7) is 2.38. The van der Waals surface area contributed by atoms with Gasteiger partial charge >= 0.3 is 12.0 Å². The summed E-state index contributed by atoms with van der Waals surface area (Å²) in [7, 11) is 0. The third-order valence-corrected chi connectivity index (χ3v) is 2.82. The first-order chi connectivity index (χ1) is 9.76. The molecule has 0 heterocycles. The maximum atomic E-state index is 11.6. The lowest BCUT2D eigenvalue weighted by atomic mass is 10.1. The number of urea groups is 1. The highest BCUT2D eigenvalue weighted by Crippen LogP contribution is 2.12. The first-order valence-corrected chi connectivity index (χ1v) is 6.40. The molecule has 0 saturated carbocycles. The second-order valence-electron chi connectivity index (χ2n) is 4.74. The minimum absolute atomic E-state index is 0.0483. The minimum Gasteiger partial charge on any atom is -0.479 e. The second kappa shape index (κ2) is 6.85. The molecule has 1 unspecified atom stereocenters. The molecular weight excluding hydrogens is 276 g/mol. The zero-order valence-corrected chi connectivity index (χ0v) is 11.8. The molecule has 114 valence electrons. The van der Waals surface area contributed by atoms with Crippen LogP contribution in [0.3, 0.4) is 0 Å². The number of aliphatic hydroxyl groups is 1. The van der Waals surface area contributed by atoms with E-state index in [1.807, 2.05) is 0 Å². The number of hydrogen-bond acceptors (Lipinski definition) is 4. The highest BCUT2D eigenvalue weighted by Gasteiger charge is 2.30. The summed E-state index contributed by atoms with van der Waals surface area (Å²) in [5, 5.41) is 22.9. The predicted molar refractivity (Wildman–Crippen MR) is 76.3 cm³/mol. The van der Waals surface area contributed by atoms with Gasteiger partial charge in [-0.1, -0.05) is 19.1 Å². The van der Waals surface area contributed by atoms with Crippen LogP contribution in [-0.4, -0.2) is 40.1 Å². The van der Waals surface area contributed by atoms with Crippen molar-refractivity contribution in [2.45, 2.75) is 25.9 Å². The minimum atomic E-state index is -2.04. The fourth-order valence-electron chi connectivity index (χ4n) is 1.48. The Labute approximate surface area is 122 Å². The monoisotopic (exact) mass is 294 g/mol. The Morgan fingerprint density at radius 2 is 1.95 bits per heavy atom. The third kappa shape index (κ3) is 4.88. The smallest absolute Gasteiger partial charge is 0.337 e. The van der Waals surface area contributed by atoms with Crippen molar-refractivity contribution in [3.63, 3.8) is 0 Å². The number of amides is 2. The van der Waals surface area contributed by atoms with Crippen molar-refractivity contribution in [1.29, 1.82) is 0 Å². The molecule has 1 aromatic rings. The molecule has 0 fully saturated rings. The molecule has 2 amide bonds. The summed E-state index contributed by atoms with van der Waals surface area (Å²) in [5.41, 5.74) is -1.16. The first-order valence-electron chi connectivity index (χ1n) is 6.40. The normalized spacial score (nSPS) is 13.1. The number of rotatable bonds is 6. The molecular formula is C14H18N2O5. The molecule has 7 nitrogen and oxygen atoms in total. The number of nitrogens with one attached hydrogen (secondary N) is 2. The molecule has 1 rings (SSSR count). The van der Waals surface area contributed by atoms with Crippen LogP contribution in [0.15, 0.2) is 24.3 Å². The fourth-order valence-corrected chi connectivity index (χ4v) is 1.48. The fraction of sp³-hybridized carbons (Fsp3) is 0.357. The molecule has 0 bridgehead atoms. The van der Waals surface area contributed by atoms with Crippen LogP contribution >= 0.6 is 0 Å². The largest absolute Gasteiger partial charge is 0.479 e. The van der Waals surface area contributed by atoms with E-state index in [1.54, 1.807) is 25.1 Å². The number of carboxylic acids is 1. The number of Topliss-reactive ketones (excluding diaryl/α,β-unsaturated/α-hetero) is 1. The molecule has 0 aliphatic carbocycles. The predicted octanol–water partition coefficient (Wildman–Crippen LogP) is 1.24. The van der Waals surface area contributed by atoms with Crippen molar-refractivity contribution in [3.8, 4) is 0 Å². The molecule has 7 heteroatoms. The molecule has 4 N–H and O–H groups in total. The molecule has 0 radical (unpaired) electrons. The number of anilines is 1. The average molecular weight is 294 g/mol. The molecule has 0 aliphatic rings. The summed E-state index contributed by atoms with van der Waals surface area (Å²) in [5.74, 6) is -1.48. The van der Waals surface area contributed by atoms with E-state index in [9.17, 15) is 19.5 Å². The summed E-state index contributed by atoms with van der Waals surface area (Å²) in [6.07, 6.45) is 0.358. The van der Waals surface area contributed by atoms with Gasteiger partial charge in [-0.05, 0) is 19.1 Å². The van der Waals surface area contributed by atoms with Crippen molar-refractivity contribution in [1.82, 2.24) is 5.32 Å². The Bertz CT molecular complexity index is 554. The van der Waals surface area contributed by atoms with E-state index in [2.05, 4.69) is 10.6 Å². The van der Waals surface area contributed by atoms with Crippen LogP contribution in [0.5, 0.6) is 0 Å². The van der Waals surface area contributed by atoms with E-state index in [-0.39, 0.29) is 5.78 Å². The van der Waals surface area contributed by atoms with Gasteiger partial charge in [-0.2, -0.15) is 0 Å². The molecule has 0 spiro atoms. The van der Waals surface area contributed by atoms with Gasteiger partial charge in [0, 0.05) is 17.7 Å².